The van der Waals surface area contributed by atoms with Crippen LogP contribution in [0.3, 0.4) is 0 Å². The van der Waals surface area contributed by atoms with Crippen molar-refractivity contribution in [3.8, 4) is 11.1 Å². The normalized spacial score (nSPS) is 12.0. The zero-order valence-electron chi connectivity index (χ0n) is 19.1. The first kappa shape index (κ1) is 22.6. The summed E-state index contributed by atoms with van der Waals surface area (Å²) in [5, 5.41) is 13.7. The fourth-order valence-corrected chi connectivity index (χ4v) is 3.93. The molecule has 1 N–H and O–H groups in total. The highest BCUT2D eigenvalue weighted by Gasteiger charge is 2.22. The molecule has 6 nitrogen and oxygen atoms in total. The lowest BCUT2D eigenvalue weighted by atomic mass is 9.91. The molecule has 168 valence electrons. The van der Waals surface area contributed by atoms with Crippen LogP contribution in [0.2, 0.25) is 0 Å². The molecule has 1 atom stereocenters. The van der Waals surface area contributed by atoms with Gasteiger partial charge in [-0.15, -0.1) is 0 Å². The summed E-state index contributed by atoms with van der Waals surface area (Å²) in [5.74, 6) is 0.894. The van der Waals surface area contributed by atoms with Crippen LogP contribution in [0.15, 0.2) is 65.4 Å². The van der Waals surface area contributed by atoms with Gasteiger partial charge in [0.05, 0.1) is 17.9 Å². The molecule has 0 saturated heterocycles. The topological polar surface area (TPSA) is 89.1 Å². The van der Waals surface area contributed by atoms with Crippen molar-refractivity contribution in [2.75, 3.05) is 6.61 Å². The Kier molecular flexibility index (Phi) is 6.75. The maximum absolute atomic E-state index is 12.7. The van der Waals surface area contributed by atoms with Crippen LogP contribution >= 0.6 is 0 Å². The van der Waals surface area contributed by atoms with Crippen molar-refractivity contribution in [1.82, 2.24) is 15.1 Å². The molecule has 0 radical (unpaired) electrons. The molecular weight excluding hydrogens is 414 g/mol. The van der Waals surface area contributed by atoms with Gasteiger partial charge in [0, 0.05) is 36.7 Å². The third kappa shape index (κ3) is 5.23. The molecule has 0 aliphatic heterocycles. The molecule has 33 heavy (non-hydrogen) atoms. The van der Waals surface area contributed by atoms with E-state index in [-0.39, 0.29) is 24.7 Å². The van der Waals surface area contributed by atoms with Crippen LogP contribution in [-0.2, 0) is 6.42 Å². The molecule has 2 heterocycles. The van der Waals surface area contributed by atoms with Crippen LogP contribution in [-0.4, -0.2) is 32.6 Å². The molecule has 2 aromatic heterocycles. The SMILES string of the molecule is Cc1ccc(-c2cnc(Cc3ccc(C(CO)CC(=O)c4c(C)noc4C)cc3)nc2)cc1. The van der Waals surface area contributed by atoms with Gasteiger partial charge in [-0.05, 0) is 37.5 Å². The summed E-state index contributed by atoms with van der Waals surface area (Å²) in [7, 11) is 0. The summed E-state index contributed by atoms with van der Waals surface area (Å²) in [6, 6.07) is 16.2. The van der Waals surface area contributed by atoms with E-state index in [9.17, 15) is 9.90 Å². The highest BCUT2D eigenvalue weighted by molar-refractivity contribution is 5.98. The van der Waals surface area contributed by atoms with Crippen molar-refractivity contribution in [3.05, 3.63) is 100 Å². The van der Waals surface area contributed by atoms with E-state index in [1.165, 1.54) is 5.56 Å². The number of benzene rings is 2. The van der Waals surface area contributed by atoms with Gasteiger partial charge in [0.15, 0.2) is 5.78 Å². The lowest BCUT2D eigenvalue weighted by molar-refractivity contribution is 0.0958. The monoisotopic (exact) mass is 441 g/mol. The lowest BCUT2D eigenvalue weighted by Crippen LogP contribution is -2.12. The van der Waals surface area contributed by atoms with Crippen LogP contribution < -0.4 is 0 Å². The first-order chi connectivity index (χ1) is 15.9. The molecule has 6 heteroatoms. The molecule has 0 amide bonds. The summed E-state index contributed by atoms with van der Waals surface area (Å²) in [5.41, 5.74) is 6.37. The summed E-state index contributed by atoms with van der Waals surface area (Å²) < 4.78 is 5.10. The lowest BCUT2D eigenvalue weighted by Gasteiger charge is -2.14. The Labute approximate surface area is 193 Å². The van der Waals surface area contributed by atoms with E-state index >= 15 is 0 Å². The molecule has 0 saturated carbocycles. The summed E-state index contributed by atoms with van der Waals surface area (Å²) in [6.45, 7) is 5.43. The van der Waals surface area contributed by atoms with E-state index in [4.69, 9.17) is 4.52 Å². The number of carbonyl (C=O) groups excluding carboxylic acids is 1. The Morgan fingerprint density at radius 1 is 0.939 bits per heavy atom. The number of rotatable bonds is 8. The Morgan fingerprint density at radius 2 is 1.61 bits per heavy atom. The largest absolute Gasteiger partial charge is 0.396 e. The Morgan fingerprint density at radius 3 is 2.18 bits per heavy atom. The number of hydrogen-bond donors (Lipinski definition) is 1. The van der Waals surface area contributed by atoms with Gasteiger partial charge in [0.2, 0.25) is 0 Å². The summed E-state index contributed by atoms with van der Waals surface area (Å²) in [4.78, 5) is 21.8. The zero-order valence-corrected chi connectivity index (χ0v) is 19.1. The smallest absolute Gasteiger partial charge is 0.169 e. The maximum Gasteiger partial charge on any atom is 0.169 e. The second-order valence-corrected chi connectivity index (χ2v) is 8.38. The van der Waals surface area contributed by atoms with Gasteiger partial charge < -0.3 is 9.63 Å². The standard InChI is InChI=1S/C27H27N3O3/c1-17-4-8-22(9-5-17)24-14-28-26(29-15-24)12-20-6-10-21(11-7-20)23(16-31)13-25(32)27-18(2)30-33-19(27)3/h4-11,14-15,23,31H,12-13,16H2,1-3H3. The zero-order chi connectivity index (χ0) is 23.4. The van der Waals surface area contributed by atoms with Crippen molar-refractivity contribution in [1.29, 1.82) is 0 Å². The van der Waals surface area contributed by atoms with Crippen LogP contribution in [0.1, 0.15) is 56.7 Å². The van der Waals surface area contributed by atoms with Gasteiger partial charge in [-0.1, -0.05) is 59.3 Å². The Bertz CT molecular complexity index is 1210. The van der Waals surface area contributed by atoms with E-state index in [2.05, 4.69) is 46.3 Å². The molecule has 4 aromatic rings. The average molecular weight is 442 g/mol. The van der Waals surface area contributed by atoms with Crippen LogP contribution in [0.5, 0.6) is 0 Å². The molecular formula is C27H27N3O3. The number of carbonyl (C=O) groups is 1. The van der Waals surface area contributed by atoms with Crippen molar-refractivity contribution >= 4 is 5.78 Å². The fourth-order valence-electron chi connectivity index (χ4n) is 3.93. The molecule has 0 aliphatic rings. The third-order valence-corrected chi connectivity index (χ3v) is 5.87. The second kappa shape index (κ2) is 9.88. The number of aliphatic hydroxyl groups is 1. The summed E-state index contributed by atoms with van der Waals surface area (Å²) in [6.07, 6.45) is 4.51. The van der Waals surface area contributed by atoms with Gasteiger partial charge >= 0.3 is 0 Å². The quantitative estimate of drug-likeness (QED) is 0.387. The number of nitrogens with zero attached hydrogens (tertiary/aromatic N) is 3. The molecule has 0 spiro atoms. The van der Waals surface area contributed by atoms with Crippen LogP contribution in [0.25, 0.3) is 11.1 Å². The number of aromatic nitrogens is 3. The van der Waals surface area contributed by atoms with Gasteiger partial charge in [-0.25, -0.2) is 9.97 Å². The van der Waals surface area contributed by atoms with Crippen molar-refractivity contribution in [2.24, 2.45) is 0 Å². The van der Waals surface area contributed by atoms with E-state index in [0.29, 0.717) is 23.4 Å². The Balaban J connectivity index is 1.42. The number of Topliss-reactive ketones (excluding diaryl/α,β-unsaturated/α-hetero) is 1. The third-order valence-electron chi connectivity index (χ3n) is 5.87. The van der Waals surface area contributed by atoms with Crippen LogP contribution in [0, 0.1) is 20.8 Å². The molecule has 0 bridgehead atoms. The Hall–Kier alpha value is -3.64. The van der Waals surface area contributed by atoms with E-state index in [0.717, 1.165) is 28.1 Å². The minimum Gasteiger partial charge on any atom is -0.396 e. The molecule has 0 aliphatic carbocycles. The first-order valence-corrected chi connectivity index (χ1v) is 11.0. The van der Waals surface area contributed by atoms with Crippen LogP contribution in [0.4, 0.5) is 0 Å². The van der Waals surface area contributed by atoms with Gasteiger partial charge in [0.1, 0.15) is 11.6 Å². The van der Waals surface area contributed by atoms with E-state index < -0.39 is 0 Å². The number of ketones is 1. The predicted molar refractivity (Wildman–Crippen MR) is 126 cm³/mol. The minimum absolute atomic E-state index is 0.0727. The van der Waals surface area contributed by atoms with Gasteiger partial charge in [0.25, 0.3) is 0 Å². The van der Waals surface area contributed by atoms with Gasteiger partial charge in [-0.2, -0.15) is 0 Å². The number of aryl methyl sites for hydroxylation is 3. The maximum atomic E-state index is 12.7. The van der Waals surface area contributed by atoms with Crippen molar-refractivity contribution < 1.29 is 14.4 Å². The molecule has 2 aromatic carbocycles. The fraction of sp³-hybridized carbons (Fsp3) is 0.259. The number of hydrogen-bond acceptors (Lipinski definition) is 6. The first-order valence-electron chi connectivity index (χ1n) is 11.0. The highest BCUT2D eigenvalue weighted by Crippen LogP contribution is 2.25. The van der Waals surface area contributed by atoms with E-state index in [1.807, 2.05) is 36.7 Å². The minimum atomic E-state index is -0.287. The highest BCUT2D eigenvalue weighted by atomic mass is 16.5. The van der Waals surface area contributed by atoms with Crippen molar-refractivity contribution in [2.45, 2.75) is 39.5 Å². The predicted octanol–water partition coefficient (Wildman–Crippen LogP) is 5.00. The average Bonchev–Trinajstić information content (AvgIpc) is 3.17. The molecule has 4 rings (SSSR count). The summed E-state index contributed by atoms with van der Waals surface area (Å²) >= 11 is 0. The second-order valence-electron chi connectivity index (χ2n) is 8.38. The van der Waals surface area contributed by atoms with Crippen molar-refractivity contribution in [3.63, 3.8) is 0 Å². The molecule has 0 fully saturated rings. The van der Waals surface area contributed by atoms with E-state index in [1.54, 1.807) is 13.8 Å². The molecule has 1 unspecified atom stereocenters. The number of aliphatic hydroxyl groups excluding tert-OH is 1. The van der Waals surface area contributed by atoms with Gasteiger partial charge in [-0.3, -0.25) is 4.79 Å².